The molecule has 0 bridgehead atoms. The quantitative estimate of drug-likeness (QED) is 0.175. The molecule has 0 saturated heterocycles. The van der Waals surface area contributed by atoms with E-state index in [0.717, 1.165) is 76.7 Å². The van der Waals surface area contributed by atoms with E-state index in [0.29, 0.717) is 22.8 Å². The predicted octanol–water partition coefficient (Wildman–Crippen LogP) is 15.9. The minimum Gasteiger partial charge on any atom is -0.436 e. The third-order valence-electron chi connectivity index (χ3n) is 11.4. The highest BCUT2D eigenvalue weighted by atomic mass is 16.3. The molecule has 286 valence electrons. The van der Waals surface area contributed by atoms with Gasteiger partial charge in [0, 0.05) is 44.5 Å². The van der Waals surface area contributed by atoms with E-state index in [1.54, 1.807) is 4.90 Å². The Morgan fingerprint density at radius 2 is 1.11 bits per heavy atom. The van der Waals surface area contributed by atoms with Crippen molar-refractivity contribution in [3.63, 3.8) is 0 Å². The van der Waals surface area contributed by atoms with Crippen molar-refractivity contribution in [2.75, 3.05) is 4.90 Å². The van der Waals surface area contributed by atoms with Crippen LogP contribution in [0.4, 0.5) is 17.1 Å². The molecule has 0 atom stereocenters. The zero-order valence-electron chi connectivity index (χ0n) is 41.4. The van der Waals surface area contributed by atoms with Crippen molar-refractivity contribution >= 4 is 71.5 Å². The molecule has 2 heterocycles. The average molecular weight is 789 g/mol. The van der Waals surface area contributed by atoms with E-state index < -0.39 is 59.9 Å². The molecule has 1 N–H and O–H groups in total. The van der Waals surface area contributed by atoms with E-state index >= 15 is 0 Å². The minimum atomic E-state index is -0.632. The second-order valence-electron chi connectivity index (χ2n) is 14.9. The number of oxazole rings is 1. The Bertz CT molecular complexity index is 4040. The third kappa shape index (κ3) is 5.88. The number of para-hydroxylation sites is 3. The summed E-state index contributed by atoms with van der Waals surface area (Å²) in [6.45, 7) is 0. The van der Waals surface area contributed by atoms with Crippen LogP contribution >= 0.6 is 0 Å². The Morgan fingerprint density at radius 1 is 0.459 bits per heavy atom. The maximum Gasteiger partial charge on any atom is 0.227 e. The molecule has 0 unspecified atom stereocenters. The molecule has 4 heteroatoms. The smallest absolute Gasteiger partial charge is 0.227 e. The van der Waals surface area contributed by atoms with Gasteiger partial charge in [-0.2, -0.15) is 0 Å². The first-order chi connectivity index (χ1) is 34.0. The lowest BCUT2D eigenvalue weighted by Gasteiger charge is -2.26. The largest absolute Gasteiger partial charge is 0.436 e. The molecule has 0 aliphatic heterocycles. The minimum absolute atomic E-state index is 0.0687. The van der Waals surface area contributed by atoms with Crippen LogP contribution in [0.1, 0.15) is 12.3 Å². The van der Waals surface area contributed by atoms with E-state index in [4.69, 9.17) is 16.3 Å². The van der Waals surface area contributed by atoms with Crippen LogP contribution in [0.2, 0.25) is 0 Å². The average Bonchev–Trinajstić information content (AvgIpc) is 4.01. The van der Waals surface area contributed by atoms with E-state index in [9.17, 15) is 5.48 Å². The van der Waals surface area contributed by atoms with Crippen molar-refractivity contribution in [3.05, 3.63) is 218 Å². The number of benzene rings is 10. The van der Waals surface area contributed by atoms with Gasteiger partial charge >= 0.3 is 0 Å². The first kappa shape index (κ1) is 26.7. The fourth-order valence-corrected chi connectivity index (χ4v) is 8.65. The van der Waals surface area contributed by atoms with Gasteiger partial charge in [0.2, 0.25) is 5.89 Å². The second kappa shape index (κ2) is 14.3. The number of fused-ring (bicyclic) bond motifs is 7. The van der Waals surface area contributed by atoms with Gasteiger partial charge in [0.1, 0.15) is 5.52 Å². The molecule has 0 radical (unpaired) electrons. The number of aromatic amines is 1. The molecule has 0 aliphatic rings. The maximum atomic E-state index is 9.41. The Labute approximate surface area is 365 Å². The van der Waals surface area contributed by atoms with Gasteiger partial charge in [-0.3, -0.25) is 0 Å². The Balaban J connectivity index is 1.07. The summed E-state index contributed by atoms with van der Waals surface area (Å²) in [5.41, 5.74) is 8.33. The van der Waals surface area contributed by atoms with E-state index in [1.807, 2.05) is 97.1 Å². The van der Waals surface area contributed by atoms with Crippen LogP contribution in [0, 0.1) is 0 Å². The maximum absolute atomic E-state index is 9.41. The van der Waals surface area contributed by atoms with Crippen LogP contribution in [0.15, 0.2) is 223 Å². The summed E-state index contributed by atoms with van der Waals surface area (Å²) in [7, 11) is 0. The van der Waals surface area contributed by atoms with Gasteiger partial charge in [-0.1, -0.05) is 158 Å². The summed E-state index contributed by atoms with van der Waals surface area (Å²) < 4.78 is 85.4. The van der Waals surface area contributed by atoms with Crippen LogP contribution in [0.3, 0.4) is 0 Å². The molecule has 0 amide bonds. The normalized spacial score (nSPS) is 13.7. The highest BCUT2D eigenvalue weighted by Crippen LogP contribution is 2.46. The molecule has 12 aromatic rings. The van der Waals surface area contributed by atoms with Crippen LogP contribution in [0.25, 0.3) is 99.3 Å². The Hall–Kier alpha value is -8.21. The van der Waals surface area contributed by atoms with Crippen LogP contribution in [-0.2, 0) is 0 Å². The molecule has 0 fully saturated rings. The summed E-state index contributed by atoms with van der Waals surface area (Å²) in [6.07, 6.45) is 0. The zero-order chi connectivity index (χ0) is 48.1. The van der Waals surface area contributed by atoms with Gasteiger partial charge in [0.15, 0.2) is 5.58 Å². The summed E-state index contributed by atoms with van der Waals surface area (Å²) in [4.78, 5) is 10.3. The highest BCUT2D eigenvalue weighted by Gasteiger charge is 2.21. The van der Waals surface area contributed by atoms with Gasteiger partial charge in [-0.25, -0.2) is 4.98 Å². The van der Waals surface area contributed by atoms with Gasteiger partial charge in [0.25, 0.3) is 0 Å². The second-order valence-corrected chi connectivity index (χ2v) is 14.9. The van der Waals surface area contributed by atoms with Crippen LogP contribution < -0.4 is 4.90 Å². The number of rotatable bonds is 7. The molecular formula is C57H37N3O. The molecular weight excluding hydrogens is 743 g/mol. The SMILES string of the molecule is [2H]c1c([2H])c([2H])c(-c2c([2H])c([2H])c(N(c3ccccc3)c3ccc(-c4c(-c5ccc(-c6nc7ccccc7o6)c6ccccc56)ccc5c4[nH]c4ccc6ccccc6c45)cc3)c([2H])c2[2H])c([2H])c1[2H]. The van der Waals surface area contributed by atoms with Crippen molar-refractivity contribution in [3.8, 4) is 44.8 Å². The Morgan fingerprint density at radius 3 is 1.92 bits per heavy atom. The molecule has 0 saturated carbocycles. The molecule has 61 heavy (non-hydrogen) atoms. The first-order valence-corrected chi connectivity index (χ1v) is 20.0. The molecule has 12 rings (SSSR count). The molecule has 4 nitrogen and oxygen atoms in total. The number of hydrogen-bond acceptors (Lipinski definition) is 3. The number of hydrogen-bond donors (Lipinski definition) is 1. The summed E-state index contributed by atoms with van der Waals surface area (Å²) in [5.74, 6) is 0.533. The monoisotopic (exact) mass is 788 g/mol. The van der Waals surface area contributed by atoms with E-state index in [2.05, 4.69) is 71.7 Å². The lowest BCUT2D eigenvalue weighted by atomic mass is 9.88. The number of anilines is 3. The standard InChI is InChI=1S/C57H37N3O/c1-3-13-37(14-4-1)38-23-28-42(29-24-38)60(41-16-5-2-6-17-41)43-30-25-40(26-31-43)54-48(33-35-50-55-44-18-8-7-15-39(44)27-36-52(55)58-56(50)54)47-32-34-49(46-20-10-9-19-45(46)47)57-59-51-21-11-12-22-53(51)61-57/h1-36,58H/i1D,3D,4D,13D,14D,23D,24D,28D,29D. The summed E-state index contributed by atoms with van der Waals surface area (Å²) in [5, 5.41) is 6.40. The highest BCUT2D eigenvalue weighted by molar-refractivity contribution is 6.24. The predicted molar refractivity (Wildman–Crippen MR) is 255 cm³/mol. The van der Waals surface area contributed by atoms with Crippen molar-refractivity contribution in [1.29, 1.82) is 0 Å². The van der Waals surface area contributed by atoms with Crippen molar-refractivity contribution in [1.82, 2.24) is 9.97 Å². The Kier molecular flexibility index (Phi) is 6.25. The molecule has 0 spiro atoms. The van der Waals surface area contributed by atoms with Crippen molar-refractivity contribution in [2.45, 2.75) is 0 Å². The molecule has 2 aromatic heterocycles. The fourth-order valence-electron chi connectivity index (χ4n) is 8.65. The lowest BCUT2D eigenvalue weighted by molar-refractivity contribution is 0.620. The van der Waals surface area contributed by atoms with Gasteiger partial charge in [0.05, 0.1) is 17.9 Å². The summed E-state index contributed by atoms with van der Waals surface area (Å²) >= 11 is 0. The fraction of sp³-hybridized carbons (Fsp3) is 0. The summed E-state index contributed by atoms with van der Waals surface area (Å²) in [6, 6.07) is 49.0. The molecule has 0 aliphatic carbocycles. The number of aromatic nitrogens is 2. The van der Waals surface area contributed by atoms with Gasteiger partial charge in [-0.05, 0) is 110 Å². The third-order valence-corrected chi connectivity index (χ3v) is 11.4. The van der Waals surface area contributed by atoms with E-state index in [1.165, 1.54) is 0 Å². The lowest BCUT2D eigenvalue weighted by Crippen LogP contribution is -2.09. The van der Waals surface area contributed by atoms with Gasteiger partial charge in [-0.15, -0.1) is 0 Å². The van der Waals surface area contributed by atoms with Crippen molar-refractivity contribution < 1.29 is 16.8 Å². The van der Waals surface area contributed by atoms with Gasteiger partial charge < -0.3 is 14.3 Å². The number of H-pyrrole nitrogens is 1. The zero-order valence-corrected chi connectivity index (χ0v) is 32.4. The van der Waals surface area contributed by atoms with E-state index in [-0.39, 0.29) is 11.3 Å². The van der Waals surface area contributed by atoms with Crippen molar-refractivity contribution in [2.24, 2.45) is 0 Å². The van der Waals surface area contributed by atoms with Crippen LogP contribution in [0.5, 0.6) is 0 Å². The number of nitrogens with one attached hydrogen (secondary N) is 1. The first-order valence-electron chi connectivity index (χ1n) is 24.5. The molecule has 10 aromatic carbocycles. The number of nitrogens with zero attached hydrogens (tertiary/aromatic N) is 2. The van der Waals surface area contributed by atoms with Crippen LogP contribution in [-0.4, -0.2) is 9.97 Å². The topological polar surface area (TPSA) is 45.1 Å².